The SMILES string of the molecule is CC(=Cc1ccccc1)CN1CCC(=O)N(C)CC1. The summed E-state index contributed by atoms with van der Waals surface area (Å²) >= 11 is 0. The van der Waals surface area contributed by atoms with E-state index in [2.05, 4.69) is 42.2 Å². The predicted molar refractivity (Wildman–Crippen MR) is 78.8 cm³/mol. The Morgan fingerprint density at radius 2 is 1.95 bits per heavy atom. The molecule has 0 aliphatic carbocycles. The normalized spacial score (nSPS) is 18.5. The van der Waals surface area contributed by atoms with E-state index in [9.17, 15) is 4.79 Å². The number of carbonyl (C=O) groups excluding carboxylic acids is 1. The Morgan fingerprint density at radius 1 is 1.21 bits per heavy atom. The van der Waals surface area contributed by atoms with Crippen LogP contribution in [0.3, 0.4) is 0 Å². The fraction of sp³-hybridized carbons (Fsp3) is 0.438. The number of hydrogen-bond acceptors (Lipinski definition) is 2. The molecule has 102 valence electrons. The molecule has 0 bridgehead atoms. The number of carbonyl (C=O) groups is 1. The number of nitrogens with zero attached hydrogens (tertiary/aromatic N) is 2. The summed E-state index contributed by atoms with van der Waals surface area (Å²) in [5.41, 5.74) is 2.58. The quantitative estimate of drug-likeness (QED) is 0.830. The van der Waals surface area contributed by atoms with Crippen LogP contribution in [0.25, 0.3) is 6.08 Å². The average molecular weight is 258 g/mol. The Morgan fingerprint density at radius 3 is 2.68 bits per heavy atom. The van der Waals surface area contributed by atoms with Crippen LogP contribution in [0.15, 0.2) is 35.9 Å². The fourth-order valence-electron chi connectivity index (χ4n) is 2.36. The molecule has 1 amide bonds. The van der Waals surface area contributed by atoms with Gasteiger partial charge in [-0.05, 0) is 12.5 Å². The summed E-state index contributed by atoms with van der Waals surface area (Å²) in [5.74, 6) is 0.257. The lowest BCUT2D eigenvalue weighted by molar-refractivity contribution is -0.129. The molecule has 0 N–H and O–H groups in total. The van der Waals surface area contributed by atoms with E-state index in [1.54, 1.807) is 0 Å². The van der Waals surface area contributed by atoms with Gasteiger partial charge in [-0.3, -0.25) is 9.69 Å². The molecule has 3 heteroatoms. The molecule has 1 saturated heterocycles. The van der Waals surface area contributed by atoms with Gasteiger partial charge in [0.2, 0.25) is 5.91 Å². The van der Waals surface area contributed by atoms with Gasteiger partial charge in [-0.1, -0.05) is 42.0 Å². The first-order valence-electron chi connectivity index (χ1n) is 6.83. The first kappa shape index (κ1) is 13.8. The van der Waals surface area contributed by atoms with Crippen LogP contribution in [0.2, 0.25) is 0 Å². The van der Waals surface area contributed by atoms with E-state index in [0.29, 0.717) is 6.42 Å². The van der Waals surface area contributed by atoms with Gasteiger partial charge in [0, 0.05) is 39.6 Å². The highest BCUT2D eigenvalue weighted by molar-refractivity contribution is 5.76. The summed E-state index contributed by atoms with van der Waals surface area (Å²) in [6.45, 7) is 5.75. The van der Waals surface area contributed by atoms with Crippen molar-refractivity contribution in [1.82, 2.24) is 9.80 Å². The molecule has 0 unspecified atom stereocenters. The van der Waals surface area contributed by atoms with Gasteiger partial charge in [0.1, 0.15) is 0 Å². The molecule has 0 spiro atoms. The number of benzene rings is 1. The maximum absolute atomic E-state index is 11.6. The molecule has 1 aromatic carbocycles. The smallest absolute Gasteiger partial charge is 0.223 e. The third-order valence-corrected chi connectivity index (χ3v) is 3.50. The summed E-state index contributed by atoms with van der Waals surface area (Å²) in [5, 5.41) is 0. The zero-order valence-corrected chi connectivity index (χ0v) is 11.8. The highest BCUT2D eigenvalue weighted by atomic mass is 16.2. The lowest BCUT2D eigenvalue weighted by atomic mass is 10.1. The first-order chi connectivity index (χ1) is 9.15. The van der Waals surface area contributed by atoms with Crippen molar-refractivity contribution in [3.8, 4) is 0 Å². The van der Waals surface area contributed by atoms with Gasteiger partial charge >= 0.3 is 0 Å². The lowest BCUT2D eigenvalue weighted by Gasteiger charge is -2.20. The van der Waals surface area contributed by atoms with Crippen LogP contribution in [-0.2, 0) is 4.79 Å². The summed E-state index contributed by atoms with van der Waals surface area (Å²) in [6, 6.07) is 10.4. The molecule has 0 aromatic heterocycles. The largest absolute Gasteiger partial charge is 0.344 e. The number of hydrogen-bond donors (Lipinski definition) is 0. The van der Waals surface area contributed by atoms with E-state index >= 15 is 0 Å². The first-order valence-corrected chi connectivity index (χ1v) is 6.83. The Labute approximate surface area is 115 Å². The zero-order chi connectivity index (χ0) is 13.7. The third-order valence-electron chi connectivity index (χ3n) is 3.50. The van der Waals surface area contributed by atoms with Crippen molar-refractivity contribution < 1.29 is 4.79 Å². The second-order valence-corrected chi connectivity index (χ2v) is 5.24. The van der Waals surface area contributed by atoms with Crippen LogP contribution in [0.1, 0.15) is 18.9 Å². The molecule has 0 radical (unpaired) electrons. The molecule has 0 saturated carbocycles. The van der Waals surface area contributed by atoms with Gasteiger partial charge in [0.15, 0.2) is 0 Å². The Bertz CT molecular complexity index is 453. The van der Waals surface area contributed by atoms with Crippen molar-refractivity contribution in [2.45, 2.75) is 13.3 Å². The molecule has 1 aromatic rings. The molecule has 1 aliphatic rings. The number of amides is 1. The van der Waals surface area contributed by atoms with Crippen LogP contribution in [-0.4, -0.2) is 48.9 Å². The van der Waals surface area contributed by atoms with Gasteiger partial charge in [0.25, 0.3) is 0 Å². The third kappa shape index (κ3) is 4.21. The number of likely N-dealkylation sites (N-methyl/N-ethyl adjacent to an activating group) is 1. The summed E-state index contributed by atoms with van der Waals surface area (Å²) < 4.78 is 0. The van der Waals surface area contributed by atoms with Gasteiger partial charge < -0.3 is 4.90 Å². The topological polar surface area (TPSA) is 23.6 Å². The maximum Gasteiger partial charge on any atom is 0.223 e. The highest BCUT2D eigenvalue weighted by Gasteiger charge is 2.17. The van der Waals surface area contributed by atoms with Gasteiger partial charge in [-0.15, -0.1) is 0 Å². The van der Waals surface area contributed by atoms with Gasteiger partial charge in [0.05, 0.1) is 0 Å². The van der Waals surface area contributed by atoms with Crippen LogP contribution >= 0.6 is 0 Å². The van der Waals surface area contributed by atoms with Gasteiger partial charge in [-0.25, -0.2) is 0 Å². The zero-order valence-electron chi connectivity index (χ0n) is 11.8. The standard InChI is InChI=1S/C16H22N2O/c1-14(12-15-6-4-3-5-7-15)13-18-9-8-16(19)17(2)10-11-18/h3-7,12H,8-11,13H2,1-2H3. The predicted octanol–water partition coefficient (Wildman–Crippen LogP) is 2.25. The van der Waals surface area contributed by atoms with E-state index in [0.717, 1.165) is 26.2 Å². The number of rotatable bonds is 3. The molecule has 1 heterocycles. The summed E-state index contributed by atoms with van der Waals surface area (Å²) in [7, 11) is 1.89. The summed E-state index contributed by atoms with van der Waals surface area (Å²) in [6.07, 6.45) is 2.85. The maximum atomic E-state index is 11.6. The van der Waals surface area contributed by atoms with Crippen LogP contribution in [0.5, 0.6) is 0 Å². The van der Waals surface area contributed by atoms with Gasteiger partial charge in [-0.2, -0.15) is 0 Å². The second kappa shape index (κ2) is 6.53. The molecule has 1 aliphatic heterocycles. The second-order valence-electron chi connectivity index (χ2n) is 5.24. The van der Waals surface area contributed by atoms with Crippen LogP contribution < -0.4 is 0 Å². The van der Waals surface area contributed by atoms with Crippen molar-refractivity contribution in [3.05, 3.63) is 41.5 Å². The molecule has 19 heavy (non-hydrogen) atoms. The Kier molecular flexibility index (Phi) is 4.74. The Hall–Kier alpha value is -1.61. The molecule has 3 nitrogen and oxygen atoms in total. The summed E-state index contributed by atoms with van der Waals surface area (Å²) in [4.78, 5) is 15.8. The van der Waals surface area contributed by atoms with Crippen LogP contribution in [0, 0.1) is 0 Å². The molecular weight excluding hydrogens is 236 g/mol. The minimum atomic E-state index is 0.257. The van der Waals surface area contributed by atoms with Crippen molar-refractivity contribution >= 4 is 12.0 Å². The lowest BCUT2D eigenvalue weighted by Crippen LogP contribution is -2.30. The highest BCUT2D eigenvalue weighted by Crippen LogP contribution is 2.10. The molecule has 2 rings (SSSR count). The average Bonchev–Trinajstić information content (AvgIpc) is 2.55. The van der Waals surface area contributed by atoms with Crippen LogP contribution in [0.4, 0.5) is 0 Å². The van der Waals surface area contributed by atoms with Crippen molar-refractivity contribution in [2.24, 2.45) is 0 Å². The molecular formula is C16H22N2O. The fourth-order valence-corrected chi connectivity index (χ4v) is 2.36. The van der Waals surface area contributed by atoms with E-state index in [1.165, 1.54) is 11.1 Å². The van der Waals surface area contributed by atoms with Crippen molar-refractivity contribution in [1.29, 1.82) is 0 Å². The minimum Gasteiger partial charge on any atom is -0.344 e. The minimum absolute atomic E-state index is 0.257. The van der Waals surface area contributed by atoms with E-state index in [1.807, 2.05) is 18.0 Å². The molecule has 1 fully saturated rings. The van der Waals surface area contributed by atoms with E-state index in [4.69, 9.17) is 0 Å². The Balaban J connectivity index is 1.94. The van der Waals surface area contributed by atoms with Crippen molar-refractivity contribution in [3.63, 3.8) is 0 Å². The monoisotopic (exact) mass is 258 g/mol. The molecule has 0 atom stereocenters. The van der Waals surface area contributed by atoms with E-state index < -0.39 is 0 Å². The van der Waals surface area contributed by atoms with Crippen molar-refractivity contribution in [2.75, 3.05) is 33.2 Å². The van der Waals surface area contributed by atoms with E-state index in [-0.39, 0.29) is 5.91 Å².